The van der Waals surface area contributed by atoms with Crippen LogP contribution in [0.1, 0.15) is 13.3 Å². The van der Waals surface area contributed by atoms with Crippen molar-refractivity contribution in [2.45, 2.75) is 13.3 Å². The maximum Gasteiger partial charge on any atom is 0.232 e. The molecule has 1 atom stereocenters. The Morgan fingerprint density at radius 1 is 1.47 bits per heavy atom. The number of ether oxygens (including phenoxy) is 1. The van der Waals surface area contributed by atoms with Crippen LogP contribution < -0.4 is 4.74 Å². The average Bonchev–Trinajstić information content (AvgIpc) is 2.23. The molecule has 96 valence electrons. The van der Waals surface area contributed by atoms with E-state index in [4.69, 9.17) is 15.4 Å². The molecule has 0 aliphatic heterocycles. The lowest BCUT2D eigenvalue weighted by molar-refractivity contribution is 0.258. The van der Waals surface area contributed by atoms with Gasteiger partial charge in [-0.15, -0.1) is 0 Å². The summed E-state index contributed by atoms with van der Waals surface area (Å²) in [6, 6.07) is 7.42. The Morgan fingerprint density at radius 3 is 2.71 bits per heavy atom. The monoisotopic (exact) mass is 340 g/mol. The Hall–Kier alpha value is -0.260. The summed E-state index contributed by atoms with van der Waals surface area (Å²) in [4.78, 5) is 0. The van der Waals surface area contributed by atoms with Crippen LogP contribution in [0.5, 0.6) is 5.75 Å². The second kappa shape index (κ2) is 6.61. The first-order chi connectivity index (χ1) is 7.90. The predicted molar refractivity (Wildman–Crippen MR) is 73.1 cm³/mol. The highest BCUT2D eigenvalue weighted by molar-refractivity contribution is 9.10. The molecule has 1 unspecified atom stereocenters. The molecule has 0 N–H and O–H groups in total. The summed E-state index contributed by atoms with van der Waals surface area (Å²) in [5.74, 6) is 0.570. The van der Waals surface area contributed by atoms with E-state index in [0.717, 1.165) is 4.47 Å². The van der Waals surface area contributed by atoms with Gasteiger partial charge in [0.15, 0.2) is 0 Å². The van der Waals surface area contributed by atoms with Crippen molar-refractivity contribution in [1.82, 2.24) is 0 Å². The maximum atomic E-state index is 11.0. The second-order valence-corrected chi connectivity index (χ2v) is 7.49. The van der Waals surface area contributed by atoms with Crippen molar-refractivity contribution in [2.24, 2.45) is 5.92 Å². The lowest BCUT2D eigenvalue weighted by Gasteiger charge is -2.14. The number of halogens is 2. The molecule has 1 aromatic carbocycles. The van der Waals surface area contributed by atoms with Gasteiger partial charge in [-0.3, -0.25) is 0 Å². The van der Waals surface area contributed by atoms with Crippen LogP contribution in [-0.4, -0.2) is 20.8 Å². The lowest BCUT2D eigenvalue weighted by Crippen LogP contribution is -2.18. The highest BCUT2D eigenvalue weighted by Gasteiger charge is 2.16. The highest BCUT2D eigenvalue weighted by atomic mass is 79.9. The smallest absolute Gasteiger partial charge is 0.232 e. The van der Waals surface area contributed by atoms with Gasteiger partial charge in [0.05, 0.1) is 12.4 Å². The van der Waals surface area contributed by atoms with E-state index < -0.39 is 9.05 Å². The summed E-state index contributed by atoms with van der Waals surface area (Å²) < 4.78 is 28.4. The summed E-state index contributed by atoms with van der Waals surface area (Å²) >= 11 is 3.34. The van der Waals surface area contributed by atoms with E-state index in [9.17, 15) is 8.42 Å². The van der Waals surface area contributed by atoms with Crippen molar-refractivity contribution < 1.29 is 13.2 Å². The molecule has 3 nitrogen and oxygen atoms in total. The molecule has 0 aromatic heterocycles. The molecule has 0 saturated carbocycles. The van der Waals surface area contributed by atoms with Crippen LogP contribution in [0.25, 0.3) is 0 Å². The Morgan fingerprint density at radius 2 is 2.18 bits per heavy atom. The third kappa shape index (κ3) is 6.29. The topological polar surface area (TPSA) is 43.4 Å². The van der Waals surface area contributed by atoms with Crippen molar-refractivity contribution in [3.05, 3.63) is 28.7 Å². The minimum Gasteiger partial charge on any atom is -0.493 e. The first-order valence-corrected chi connectivity index (χ1v) is 8.48. The molecule has 0 spiro atoms. The SMILES string of the molecule is CCC(COc1cccc(Br)c1)CS(=O)(=O)Cl. The molecule has 0 heterocycles. The van der Waals surface area contributed by atoms with Gasteiger partial charge < -0.3 is 4.74 Å². The van der Waals surface area contributed by atoms with Crippen molar-refractivity contribution in [3.63, 3.8) is 0 Å². The summed E-state index contributed by atoms with van der Waals surface area (Å²) in [5.41, 5.74) is 0. The Balaban J connectivity index is 2.53. The van der Waals surface area contributed by atoms with Crippen molar-refractivity contribution >= 4 is 35.7 Å². The summed E-state index contributed by atoms with van der Waals surface area (Å²) in [5, 5.41) is 0. The Bertz CT molecular complexity index is 462. The van der Waals surface area contributed by atoms with E-state index in [0.29, 0.717) is 18.8 Å². The average molecular weight is 342 g/mol. The molecule has 0 bridgehead atoms. The molecule has 6 heteroatoms. The molecule has 1 rings (SSSR count). The standard InChI is InChI=1S/C11H14BrClO3S/c1-2-9(8-17(13,14)15)7-16-11-5-3-4-10(12)6-11/h3-6,9H,2,7-8H2,1H3. The maximum absolute atomic E-state index is 11.0. The lowest BCUT2D eigenvalue weighted by atomic mass is 10.1. The fourth-order valence-corrected chi connectivity index (χ4v) is 3.14. The first-order valence-electron chi connectivity index (χ1n) is 5.21. The third-order valence-electron chi connectivity index (χ3n) is 2.29. The zero-order chi connectivity index (χ0) is 12.9. The molecule has 0 aliphatic carbocycles. The van der Waals surface area contributed by atoms with Gasteiger partial charge in [-0.2, -0.15) is 0 Å². The fourth-order valence-electron chi connectivity index (χ4n) is 1.34. The van der Waals surface area contributed by atoms with Gasteiger partial charge in [0, 0.05) is 21.1 Å². The van der Waals surface area contributed by atoms with Crippen LogP contribution in [0, 0.1) is 5.92 Å². The second-order valence-electron chi connectivity index (χ2n) is 3.75. The van der Waals surface area contributed by atoms with E-state index in [1.165, 1.54) is 0 Å². The molecule has 1 aromatic rings. The van der Waals surface area contributed by atoms with Crippen LogP contribution in [0.4, 0.5) is 0 Å². The van der Waals surface area contributed by atoms with Crippen LogP contribution in [0.2, 0.25) is 0 Å². The third-order valence-corrected chi connectivity index (χ3v) is 4.03. The van der Waals surface area contributed by atoms with Gasteiger partial charge in [-0.25, -0.2) is 8.42 Å². The highest BCUT2D eigenvalue weighted by Crippen LogP contribution is 2.19. The summed E-state index contributed by atoms with van der Waals surface area (Å²) in [7, 11) is 1.76. The number of benzene rings is 1. The van der Waals surface area contributed by atoms with Gasteiger partial charge in [-0.05, 0) is 24.6 Å². The van der Waals surface area contributed by atoms with Gasteiger partial charge >= 0.3 is 0 Å². The normalized spacial score (nSPS) is 13.4. The van der Waals surface area contributed by atoms with Crippen LogP contribution in [0.15, 0.2) is 28.7 Å². The van der Waals surface area contributed by atoms with E-state index in [2.05, 4.69) is 15.9 Å². The van der Waals surface area contributed by atoms with Gasteiger partial charge in [0.25, 0.3) is 0 Å². The van der Waals surface area contributed by atoms with Crippen LogP contribution >= 0.6 is 26.6 Å². The van der Waals surface area contributed by atoms with E-state index in [1.807, 2.05) is 31.2 Å². The molecular weight excluding hydrogens is 328 g/mol. The molecule has 0 aliphatic rings. The molecule has 0 radical (unpaired) electrons. The Labute approximate surface area is 115 Å². The number of rotatable bonds is 6. The minimum atomic E-state index is -3.47. The first kappa shape index (κ1) is 14.8. The van der Waals surface area contributed by atoms with Crippen molar-refractivity contribution in [3.8, 4) is 5.75 Å². The number of hydrogen-bond donors (Lipinski definition) is 0. The zero-order valence-electron chi connectivity index (χ0n) is 9.40. The predicted octanol–water partition coefficient (Wildman–Crippen LogP) is 3.42. The molecular formula is C11H14BrClO3S. The van der Waals surface area contributed by atoms with E-state index in [1.54, 1.807) is 0 Å². The molecule has 0 fully saturated rings. The largest absolute Gasteiger partial charge is 0.493 e. The van der Waals surface area contributed by atoms with Gasteiger partial charge in [0.2, 0.25) is 9.05 Å². The Kier molecular flexibility index (Phi) is 5.76. The van der Waals surface area contributed by atoms with Gasteiger partial charge in [0.1, 0.15) is 5.75 Å². The van der Waals surface area contributed by atoms with E-state index in [-0.39, 0.29) is 11.7 Å². The van der Waals surface area contributed by atoms with E-state index >= 15 is 0 Å². The molecule has 17 heavy (non-hydrogen) atoms. The minimum absolute atomic E-state index is 0.0565. The fraction of sp³-hybridized carbons (Fsp3) is 0.455. The summed E-state index contributed by atoms with van der Waals surface area (Å²) in [6.07, 6.45) is 0.708. The van der Waals surface area contributed by atoms with Crippen LogP contribution in [-0.2, 0) is 9.05 Å². The number of hydrogen-bond acceptors (Lipinski definition) is 3. The summed E-state index contributed by atoms with van der Waals surface area (Å²) in [6.45, 7) is 2.26. The van der Waals surface area contributed by atoms with Crippen molar-refractivity contribution in [1.29, 1.82) is 0 Å². The van der Waals surface area contributed by atoms with Gasteiger partial charge in [-0.1, -0.05) is 28.9 Å². The molecule has 0 saturated heterocycles. The van der Waals surface area contributed by atoms with Crippen LogP contribution in [0.3, 0.4) is 0 Å². The quantitative estimate of drug-likeness (QED) is 0.745. The molecule has 0 amide bonds. The zero-order valence-corrected chi connectivity index (χ0v) is 12.6. The van der Waals surface area contributed by atoms with Crippen molar-refractivity contribution in [2.75, 3.05) is 12.4 Å².